The molecule has 0 spiro atoms. The molecule has 29 heavy (non-hydrogen) atoms. The molecule has 168 valence electrons. The number of halogens is 1. The smallest absolute Gasteiger partial charge is 0.191 e. The summed E-state index contributed by atoms with van der Waals surface area (Å²) in [6.07, 6.45) is 2.08. The predicted octanol–water partition coefficient (Wildman–Crippen LogP) is 3.69. The summed E-state index contributed by atoms with van der Waals surface area (Å²) in [4.78, 5) is 7.33. The lowest BCUT2D eigenvalue weighted by atomic mass is 10.1. The van der Waals surface area contributed by atoms with Gasteiger partial charge in [-0.2, -0.15) is 0 Å². The number of ether oxygens (including phenoxy) is 2. The Labute approximate surface area is 194 Å². The van der Waals surface area contributed by atoms with E-state index in [1.165, 1.54) is 5.56 Å². The van der Waals surface area contributed by atoms with Crippen molar-refractivity contribution < 1.29 is 9.47 Å². The van der Waals surface area contributed by atoms with Crippen molar-refractivity contribution in [3.8, 4) is 0 Å². The second kappa shape index (κ2) is 19.1. The van der Waals surface area contributed by atoms with Crippen molar-refractivity contribution in [2.24, 2.45) is 4.99 Å². The van der Waals surface area contributed by atoms with Crippen molar-refractivity contribution in [1.29, 1.82) is 0 Å². The first-order chi connectivity index (χ1) is 13.8. The summed E-state index contributed by atoms with van der Waals surface area (Å²) in [5, 5.41) is 6.80. The van der Waals surface area contributed by atoms with E-state index in [9.17, 15) is 0 Å². The molecule has 6 nitrogen and oxygen atoms in total. The van der Waals surface area contributed by atoms with Crippen LogP contribution in [0.25, 0.3) is 0 Å². The Bertz CT molecular complexity index is 513. The van der Waals surface area contributed by atoms with Crippen LogP contribution in [-0.4, -0.2) is 70.5 Å². The topological polar surface area (TPSA) is 58.1 Å². The number of guanidine groups is 1. The van der Waals surface area contributed by atoms with Crippen LogP contribution in [0.1, 0.15) is 45.2 Å². The average Bonchev–Trinajstić information content (AvgIpc) is 2.73. The number of nitrogens with one attached hydrogen (secondary N) is 2. The van der Waals surface area contributed by atoms with Gasteiger partial charge in [-0.05, 0) is 38.4 Å². The van der Waals surface area contributed by atoms with E-state index in [0.29, 0.717) is 19.3 Å². The lowest BCUT2D eigenvalue weighted by Crippen LogP contribution is -2.39. The summed E-state index contributed by atoms with van der Waals surface area (Å²) in [5.41, 5.74) is 1.32. The molecular formula is C22H41IN4O2. The molecule has 0 bridgehead atoms. The number of likely N-dealkylation sites (N-methyl/N-ethyl adjacent to an activating group) is 1. The van der Waals surface area contributed by atoms with Gasteiger partial charge >= 0.3 is 0 Å². The Balaban J connectivity index is 0.00000784. The van der Waals surface area contributed by atoms with Crippen LogP contribution in [0.4, 0.5) is 0 Å². The number of unbranched alkanes of at least 4 members (excludes halogenated alkanes) is 1. The minimum Gasteiger partial charge on any atom is -0.382 e. The largest absolute Gasteiger partial charge is 0.382 e. The average molecular weight is 521 g/mol. The standard InChI is InChI=1S/C22H40N4O2.HI/c1-5-23-22(24-15-11-12-16-28-18-17-27-4)25-19-21(26(6-2)7-3)20-13-9-8-10-14-20;/h8-10,13-14,21H,5-7,11-12,15-19H2,1-4H3,(H2,23,24,25);1H. The van der Waals surface area contributed by atoms with E-state index in [-0.39, 0.29) is 24.0 Å². The molecule has 1 unspecified atom stereocenters. The van der Waals surface area contributed by atoms with E-state index in [4.69, 9.17) is 14.5 Å². The summed E-state index contributed by atoms with van der Waals surface area (Å²) in [6, 6.07) is 11.0. The second-order valence-electron chi connectivity index (χ2n) is 6.61. The molecule has 1 rings (SSSR count). The first kappa shape index (κ1) is 28.1. The minimum atomic E-state index is 0. The number of rotatable bonds is 15. The van der Waals surface area contributed by atoms with Crippen LogP contribution in [0.15, 0.2) is 35.3 Å². The summed E-state index contributed by atoms with van der Waals surface area (Å²) < 4.78 is 10.5. The highest BCUT2D eigenvalue weighted by atomic mass is 127. The van der Waals surface area contributed by atoms with Crippen molar-refractivity contribution in [3.05, 3.63) is 35.9 Å². The van der Waals surface area contributed by atoms with Gasteiger partial charge in [-0.1, -0.05) is 44.2 Å². The van der Waals surface area contributed by atoms with Gasteiger partial charge < -0.3 is 20.1 Å². The first-order valence-electron chi connectivity index (χ1n) is 10.6. The molecule has 2 N–H and O–H groups in total. The van der Waals surface area contributed by atoms with Gasteiger partial charge in [0.25, 0.3) is 0 Å². The fraction of sp³-hybridized carbons (Fsp3) is 0.682. The van der Waals surface area contributed by atoms with Gasteiger partial charge in [0.1, 0.15) is 0 Å². The zero-order chi connectivity index (χ0) is 20.5. The van der Waals surface area contributed by atoms with Gasteiger partial charge in [-0.25, -0.2) is 0 Å². The van der Waals surface area contributed by atoms with Crippen LogP contribution in [0.2, 0.25) is 0 Å². The molecule has 0 heterocycles. The van der Waals surface area contributed by atoms with Crippen LogP contribution < -0.4 is 10.6 Å². The van der Waals surface area contributed by atoms with Crippen molar-refractivity contribution >= 4 is 29.9 Å². The van der Waals surface area contributed by atoms with Crippen LogP contribution in [0, 0.1) is 0 Å². The molecule has 0 radical (unpaired) electrons. The maximum atomic E-state index is 5.50. The zero-order valence-electron chi connectivity index (χ0n) is 18.7. The lowest BCUT2D eigenvalue weighted by Gasteiger charge is -2.29. The van der Waals surface area contributed by atoms with Crippen molar-refractivity contribution in [1.82, 2.24) is 15.5 Å². The van der Waals surface area contributed by atoms with Crippen LogP contribution in [0.3, 0.4) is 0 Å². The van der Waals surface area contributed by atoms with Crippen molar-refractivity contribution in [2.45, 2.75) is 39.7 Å². The quantitative estimate of drug-likeness (QED) is 0.160. The Morgan fingerprint density at radius 3 is 2.34 bits per heavy atom. The van der Waals surface area contributed by atoms with Crippen molar-refractivity contribution in [2.75, 3.05) is 59.7 Å². The number of benzene rings is 1. The normalized spacial score (nSPS) is 12.5. The molecule has 0 amide bonds. The monoisotopic (exact) mass is 520 g/mol. The highest BCUT2D eigenvalue weighted by Gasteiger charge is 2.17. The summed E-state index contributed by atoms with van der Waals surface area (Å²) in [7, 11) is 1.69. The number of methoxy groups -OCH3 is 1. The van der Waals surface area contributed by atoms with Crippen molar-refractivity contribution in [3.63, 3.8) is 0 Å². The maximum Gasteiger partial charge on any atom is 0.191 e. The van der Waals surface area contributed by atoms with Gasteiger partial charge in [0.15, 0.2) is 5.96 Å². The molecule has 1 aromatic carbocycles. The molecule has 0 aromatic heterocycles. The Morgan fingerprint density at radius 2 is 1.72 bits per heavy atom. The number of nitrogens with zero attached hydrogens (tertiary/aromatic N) is 2. The third-order valence-corrected chi connectivity index (χ3v) is 4.64. The maximum absolute atomic E-state index is 5.50. The lowest BCUT2D eigenvalue weighted by molar-refractivity contribution is 0.0689. The van der Waals surface area contributed by atoms with Gasteiger partial charge in [0, 0.05) is 26.8 Å². The molecule has 7 heteroatoms. The summed E-state index contributed by atoms with van der Waals surface area (Å²) in [5.74, 6) is 0.885. The van der Waals surface area contributed by atoms with E-state index in [2.05, 4.69) is 66.6 Å². The fourth-order valence-electron chi connectivity index (χ4n) is 3.07. The highest BCUT2D eigenvalue weighted by molar-refractivity contribution is 14.0. The molecule has 0 aliphatic rings. The van der Waals surface area contributed by atoms with Gasteiger partial charge in [0.2, 0.25) is 0 Å². The van der Waals surface area contributed by atoms with Gasteiger partial charge in [-0.15, -0.1) is 24.0 Å². The van der Waals surface area contributed by atoms with E-state index in [1.807, 2.05) is 0 Å². The Hall–Kier alpha value is -0.900. The van der Waals surface area contributed by atoms with E-state index >= 15 is 0 Å². The van der Waals surface area contributed by atoms with Crippen LogP contribution >= 0.6 is 24.0 Å². The molecule has 0 aliphatic heterocycles. The highest BCUT2D eigenvalue weighted by Crippen LogP contribution is 2.20. The Morgan fingerprint density at radius 1 is 1.00 bits per heavy atom. The molecule has 0 saturated carbocycles. The number of hydrogen-bond donors (Lipinski definition) is 2. The van der Waals surface area contributed by atoms with E-state index in [1.54, 1.807) is 7.11 Å². The number of hydrogen-bond acceptors (Lipinski definition) is 4. The molecule has 0 aliphatic carbocycles. The molecular weight excluding hydrogens is 479 g/mol. The first-order valence-corrected chi connectivity index (χ1v) is 10.6. The SMILES string of the molecule is CCNC(=NCC(c1ccccc1)N(CC)CC)NCCCCOCCOC.I. The molecule has 0 saturated heterocycles. The molecule has 0 fully saturated rings. The third-order valence-electron chi connectivity index (χ3n) is 4.64. The van der Waals surface area contributed by atoms with Gasteiger partial charge in [-0.3, -0.25) is 9.89 Å². The molecule has 1 atom stereocenters. The van der Waals surface area contributed by atoms with Crippen LogP contribution in [-0.2, 0) is 9.47 Å². The zero-order valence-corrected chi connectivity index (χ0v) is 21.0. The second-order valence-corrected chi connectivity index (χ2v) is 6.61. The van der Waals surface area contributed by atoms with E-state index < -0.39 is 0 Å². The predicted molar refractivity (Wildman–Crippen MR) is 133 cm³/mol. The van der Waals surface area contributed by atoms with E-state index in [0.717, 1.165) is 58.1 Å². The Kier molecular flexibility index (Phi) is 18.5. The minimum absolute atomic E-state index is 0. The van der Waals surface area contributed by atoms with Crippen LogP contribution in [0.5, 0.6) is 0 Å². The summed E-state index contributed by atoms with van der Waals surface area (Å²) in [6.45, 7) is 13.1. The third kappa shape index (κ3) is 12.4. The molecule has 1 aromatic rings. The number of aliphatic imine (C=N–C) groups is 1. The van der Waals surface area contributed by atoms with Gasteiger partial charge in [0.05, 0.1) is 25.8 Å². The fourth-order valence-corrected chi connectivity index (χ4v) is 3.07. The summed E-state index contributed by atoms with van der Waals surface area (Å²) >= 11 is 0.